The van der Waals surface area contributed by atoms with E-state index in [4.69, 9.17) is 4.74 Å². The van der Waals surface area contributed by atoms with Crippen molar-refractivity contribution in [1.82, 2.24) is 9.80 Å². The molecule has 0 aromatic heterocycles. The van der Waals surface area contributed by atoms with E-state index in [0.29, 0.717) is 24.3 Å². The van der Waals surface area contributed by atoms with Gasteiger partial charge < -0.3 is 9.64 Å². The Balaban J connectivity index is 1.30. The van der Waals surface area contributed by atoms with Crippen molar-refractivity contribution in [2.45, 2.75) is 44.6 Å². The smallest absolute Gasteiger partial charge is 0.323 e. The van der Waals surface area contributed by atoms with Gasteiger partial charge in [-0.15, -0.1) is 0 Å². The fourth-order valence-corrected chi connectivity index (χ4v) is 5.61. The maximum absolute atomic E-state index is 12.9. The lowest BCUT2D eigenvalue weighted by Gasteiger charge is -2.34. The van der Waals surface area contributed by atoms with Crippen LogP contribution in [0.1, 0.15) is 37.7 Å². The molecule has 2 heterocycles. The molecule has 2 aliphatic heterocycles. The lowest BCUT2D eigenvalue weighted by molar-refractivity contribution is -0.148. The van der Waals surface area contributed by atoms with Gasteiger partial charge in [-0.1, -0.05) is 36.8 Å². The Morgan fingerprint density at radius 3 is 2.54 bits per heavy atom. The number of rotatable bonds is 5. The van der Waals surface area contributed by atoms with Crippen molar-refractivity contribution in [2.24, 2.45) is 17.8 Å². The van der Waals surface area contributed by atoms with Crippen LogP contribution in [-0.2, 0) is 20.7 Å². The summed E-state index contributed by atoms with van der Waals surface area (Å²) < 4.78 is 5.06. The van der Waals surface area contributed by atoms with Crippen LogP contribution in [0.15, 0.2) is 30.3 Å². The van der Waals surface area contributed by atoms with Gasteiger partial charge in [0.15, 0.2) is 0 Å². The summed E-state index contributed by atoms with van der Waals surface area (Å²) in [5.41, 5.74) is 1.39. The molecule has 1 aromatic rings. The highest BCUT2D eigenvalue weighted by molar-refractivity contribution is 5.81. The van der Waals surface area contributed by atoms with Crippen molar-refractivity contribution < 1.29 is 14.3 Å². The van der Waals surface area contributed by atoms with Crippen LogP contribution >= 0.6 is 0 Å². The van der Waals surface area contributed by atoms with Crippen LogP contribution in [0, 0.1) is 17.8 Å². The SMILES string of the molecule is COC(=O)[C@@H]1[C@@H]2CCC[C@H]2CN1CC(=O)N1CCC(Cc2ccccc2)CC1. The molecule has 4 rings (SSSR count). The van der Waals surface area contributed by atoms with Gasteiger partial charge in [-0.25, -0.2) is 0 Å². The predicted octanol–water partition coefficient (Wildman–Crippen LogP) is 2.74. The highest BCUT2D eigenvalue weighted by Crippen LogP contribution is 2.42. The van der Waals surface area contributed by atoms with Crippen molar-refractivity contribution in [1.29, 1.82) is 0 Å². The van der Waals surface area contributed by atoms with E-state index in [2.05, 4.69) is 35.2 Å². The van der Waals surface area contributed by atoms with Crippen molar-refractivity contribution in [3.63, 3.8) is 0 Å². The maximum Gasteiger partial charge on any atom is 0.323 e. The van der Waals surface area contributed by atoms with E-state index in [1.54, 1.807) is 0 Å². The van der Waals surface area contributed by atoms with Gasteiger partial charge in [-0.3, -0.25) is 14.5 Å². The minimum atomic E-state index is -0.225. The van der Waals surface area contributed by atoms with E-state index in [-0.39, 0.29) is 17.9 Å². The minimum Gasteiger partial charge on any atom is -0.468 e. The van der Waals surface area contributed by atoms with Crippen LogP contribution < -0.4 is 0 Å². The van der Waals surface area contributed by atoms with Gasteiger partial charge in [-0.05, 0) is 55.4 Å². The average Bonchev–Trinajstić information content (AvgIpc) is 3.29. The fraction of sp³-hybridized carbons (Fsp3) is 0.652. The van der Waals surface area contributed by atoms with Crippen LogP contribution in [0.2, 0.25) is 0 Å². The zero-order valence-electron chi connectivity index (χ0n) is 16.9. The third kappa shape index (κ3) is 4.09. The monoisotopic (exact) mass is 384 g/mol. The zero-order valence-corrected chi connectivity index (χ0v) is 16.9. The number of likely N-dealkylation sites (tertiary alicyclic amines) is 2. The molecule has 3 fully saturated rings. The summed E-state index contributed by atoms with van der Waals surface area (Å²) in [5.74, 6) is 1.58. The van der Waals surface area contributed by atoms with Crippen molar-refractivity contribution in [3.05, 3.63) is 35.9 Å². The maximum atomic E-state index is 12.9. The van der Waals surface area contributed by atoms with E-state index in [0.717, 1.165) is 45.3 Å². The number of methoxy groups -OCH3 is 1. The summed E-state index contributed by atoms with van der Waals surface area (Å²) in [6, 6.07) is 10.4. The van der Waals surface area contributed by atoms with Crippen molar-refractivity contribution in [2.75, 3.05) is 33.3 Å². The molecule has 1 saturated carbocycles. The molecule has 3 aliphatic rings. The summed E-state index contributed by atoms with van der Waals surface area (Å²) >= 11 is 0. The molecular formula is C23H32N2O3. The summed E-state index contributed by atoms with van der Waals surface area (Å²) in [4.78, 5) is 29.4. The summed E-state index contributed by atoms with van der Waals surface area (Å²) in [5, 5.41) is 0. The Labute approximate surface area is 168 Å². The number of hydrogen-bond acceptors (Lipinski definition) is 4. The van der Waals surface area contributed by atoms with Gasteiger partial charge in [0.05, 0.1) is 13.7 Å². The van der Waals surface area contributed by atoms with E-state index < -0.39 is 0 Å². The normalized spacial score (nSPS) is 28.3. The molecule has 152 valence electrons. The number of ether oxygens (including phenoxy) is 1. The molecular weight excluding hydrogens is 352 g/mol. The topological polar surface area (TPSA) is 49.9 Å². The predicted molar refractivity (Wildman–Crippen MR) is 108 cm³/mol. The quantitative estimate of drug-likeness (QED) is 0.733. The van der Waals surface area contributed by atoms with Crippen LogP contribution in [0.3, 0.4) is 0 Å². The van der Waals surface area contributed by atoms with Crippen LogP contribution in [0.5, 0.6) is 0 Å². The number of nitrogens with zero attached hydrogens (tertiary/aromatic N) is 2. The highest BCUT2D eigenvalue weighted by Gasteiger charge is 2.48. The third-order valence-corrected chi connectivity index (χ3v) is 7.10. The molecule has 28 heavy (non-hydrogen) atoms. The Morgan fingerprint density at radius 1 is 1.07 bits per heavy atom. The summed E-state index contributed by atoms with van der Waals surface area (Å²) in [6.45, 7) is 2.89. The first-order chi connectivity index (χ1) is 13.7. The van der Waals surface area contributed by atoms with Gasteiger partial charge in [0.25, 0.3) is 0 Å². The molecule has 0 spiro atoms. The number of benzene rings is 1. The van der Waals surface area contributed by atoms with Gasteiger partial charge >= 0.3 is 5.97 Å². The second-order valence-electron chi connectivity index (χ2n) is 8.77. The molecule has 1 amide bonds. The second kappa shape index (κ2) is 8.64. The first-order valence-electron chi connectivity index (χ1n) is 10.8. The molecule has 0 N–H and O–H groups in total. The number of hydrogen-bond donors (Lipinski definition) is 0. The molecule has 0 bridgehead atoms. The van der Waals surface area contributed by atoms with E-state index in [1.807, 2.05) is 4.90 Å². The molecule has 0 radical (unpaired) electrons. The van der Waals surface area contributed by atoms with E-state index in [1.165, 1.54) is 25.5 Å². The minimum absolute atomic E-state index is 0.163. The summed E-state index contributed by atoms with van der Waals surface area (Å²) in [7, 11) is 1.46. The van der Waals surface area contributed by atoms with Crippen LogP contribution in [0.4, 0.5) is 0 Å². The van der Waals surface area contributed by atoms with Gasteiger partial charge in [0.1, 0.15) is 6.04 Å². The molecule has 2 saturated heterocycles. The van der Waals surface area contributed by atoms with E-state index >= 15 is 0 Å². The van der Waals surface area contributed by atoms with Crippen LogP contribution in [0.25, 0.3) is 0 Å². The highest BCUT2D eigenvalue weighted by atomic mass is 16.5. The Morgan fingerprint density at radius 2 is 1.82 bits per heavy atom. The Bertz CT molecular complexity index is 684. The number of fused-ring (bicyclic) bond motifs is 1. The Hall–Kier alpha value is -1.88. The number of carbonyl (C=O) groups excluding carboxylic acids is 2. The Kier molecular flexibility index (Phi) is 6.00. The zero-order chi connectivity index (χ0) is 19.5. The molecule has 3 atom stereocenters. The molecule has 0 unspecified atom stereocenters. The van der Waals surface area contributed by atoms with E-state index in [9.17, 15) is 9.59 Å². The van der Waals surface area contributed by atoms with Crippen LogP contribution in [-0.4, -0.2) is 61.0 Å². The van der Waals surface area contributed by atoms with Gasteiger partial charge in [-0.2, -0.15) is 0 Å². The number of esters is 1. The van der Waals surface area contributed by atoms with Gasteiger partial charge in [0.2, 0.25) is 5.91 Å². The second-order valence-corrected chi connectivity index (χ2v) is 8.77. The molecule has 5 heteroatoms. The van der Waals surface area contributed by atoms with Gasteiger partial charge in [0, 0.05) is 19.6 Å². The number of piperidine rings is 1. The van der Waals surface area contributed by atoms with Crippen molar-refractivity contribution >= 4 is 11.9 Å². The lowest BCUT2D eigenvalue weighted by atomic mass is 9.90. The third-order valence-electron chi connectivity index (χ3n) is 7.10. The fourth-order valence-electron chi connectivity index (χ4n) is 5.61. The molecule has 1 aliphatic carbocycles. The standard InChI is InChI=1S/C23H32N2O3/c1-28-23(27)22-20-9-5-8-19(20)15-25(22)16-21(26)24-12-10-18(11-13-24)14-17-6-3-2-4-7-17/h2-4,6-7,18-20,22H,5,8-16H2,1H3/t19-,20+,22-/m0/s1. The summed E-state index contributed by atoms with van der Waals surface area (Å²) in [6.07, 6.45) is 6.68. The average molecular weight is 385 g/mol. The lowest BCUT2D eigenvalue weighted by Crippen LogP contribution is -2.48. The van der Waals surface area contributed by atoms with Crippen molar-refractivity contribution in [3.8, 4) is 0 Å². The number of amides is 1. The largest absolute Gasteiger partial charge is 0.468 e. The molecule has 5 nitrogen and oxygen atoms in total. The number of carbonyl (C=O) groups is 2. The molecule has 1 aromatic carbocycles. The first kappa shape index (κ1) is 19.4. The first-order valence-corrected chi connectivity index (χ1v) is 10.8.